The normalized spacial score (nSPS) is 26.5. The standard InChI is InChI=1S/C13H26N2O.C2H6/c1-13-4-2-5-15(12-13)7-3-6-14-8-10-16-11-9-14;1-2/h13H,2-12H2,1H3;1-2H3. The number of hydrogen-bond acceptors (Lipinski definition) is 3. The number of ether oxygens (including phenoxy) is 1. The van der Waals surface area contributed by atoms with E-state index in [0.717, 1.165) is 32.2 Å². The van der Waals surface area contributed by atoms with Gasteiger partial charge in [-0.25, -0.2) is 0 Å². The lowest BCUT2D eigenvalue weighted by molar-refractivity contribution is 0.0355. The molecule has 3 heteroatoms. The Morgan fingerprint density at radius 3 is 2.33 bits per heavy atom. The molecule has 0 aromatic rings. The smallest absolute Gasteiger partial charge is 0.0594 e. The van der Waals surface area contributed by atoms with E-state index < -0.39 is 0 Å². The van der Waals surface area contributed by atoms with Crippen LogP contribution in [0.3, 0.4) is 0 Å². The lowest BCUT2D eigenvalue weighted by Gasteiger charge is -2.32. The minimum atomic E-state index is 0.914. The fourth-order valence-electron chi connectivity index (χ4n) is 2.83. The summed E-state index contributed by atoms with van der Waals surface area (Å²) in [5, 5.41) is 0. The van der Waals surface area contributed by atoms with Crippen LogP contribution < -0.4 is 0 Å². The van der Waals surface area contributed by atoms with Gasteiger partial charge < -0.3 is 9.64 Å². The summed E-state index contributed by atoms with van der Waals surface area (Å²) in [5.41, 5.74) is 0. The molecule has 0 N–H and O–H groups in total. The van der Waals surface area contributed by atoms with Crippen molar-refractivity contribution in [1.82, 2.24) is 9.80 Å². The van der Waals surface area contributed by atoms with Gasteiger partial charge in [0.05, 0.1) is 13.2 Å². The van der Waals surface area contributed by atoms with Crippen molar-refractivity contribution in [3.63, 3.8) is 0 Å². The third-order valence-corrected chi connectivity index (χ3v) is 3.79. The molecular formula is C15H32N2O. The minimum Gasteiger partial charge on any atom is -0.379 e. The summed E-state index contributed by atoms with van der Waals surface area (Å²) >= 11 is 0. The lowest BCUT2D eigenvalue weighted by Crippen LogP contribution is -2.39. The van der Waals surface area contributed by atoms with Gasteiger partial charge in [0.15, 0.2) is 0 Å². The summed E-state index contributed by atoms with van der Waals surface area (Å²) in [6.45, 7) is 15.7. The Morgan fingerprint density at radius 1 is 1.00 bits per heavy atom. The predicted octanol–water partition coefficient (Wildman–Crippen LogP) is 2.47. The largest absolute Gasteiger partial charge is 0.379 e. The van der Waals surface area contributed by atoms with Gasteiger partial charge >= 0.3 is 0 Å². The van der Waals surface area contributed by atoms with Crippen LogP contribution in [-0.4, -0.2) is 62.3 Å². The molecule has 0 radical (unpaired) electrons. The Kier molecular flexibility index (Phi) is 8.64. The van der Waals surface area contributed by atoms with E-state index in [1.54, 1.807) is 0 Å². The molecule has 0 bridgehead atoms. The highest BCUT2D eigenvalue weighted by atomic mass is 16.5. The first kappa shape index (κ1) is 15.9. The van der Waals surface area contributed by atoms with Gasteiger partial charge in [-0.1, -0.05) is 20.8 Å². The number of morpholine rings is 1. The molecule has 2 fully saturated rings. The first-order chi connectivity index (χ1) is 8.84. The van der Waals surface area contributed by atoms with Crippen LogP contribution in [0.1, 0.15) is 40.0 Å². The maximum absolute atomic E-state index is 5.36. The van der Waals surface area contributed by atoms with E-state index in [0.29, 0.717) is 0 Å². The van der Waals surface area contributed by atoms with Crippen molar-refractivity contribution < 1.29 is 4.74 Å². The van der Waals surface area contributed by atoms with Crippen molar-refractivity contribution in [2.75, 3.05) is 52.5 Å². The van der Waals surface area contributed by atoms with Gasteiger partial charge in [-0.15, -0.1) is 0 Å². The molecule has 2 heterocycles. The van der Waals surface area contributed by atoms with Crippen LogP contribution in [0.4, 0.5) is 0 Å². The van der Waals surface area contributed by atoms with Crippen molar-refractivity contribution in [2.24, 2.45) is 5.92 Å². The Balaban J connectivity index is 0.000000771. The highest BCUT2D eigenvalue weighted by molar-refractivity contribution is 4.70. The van der Waals surface area contributed by atoms with E-state index in [-0.39, 0.29) is 0 Å². The van der Waals surface area contributed by atoms with E-state index in [9.17, 15) is 0 Å². The van der Waals surface area contributed by atoms with E-state index in [4.69, 9.17) is 4.74 Å². The fourth-order valence-corrected chi connectivity index (χ4v) is 2.83. The summed E-state index contributed by atoms with van der Waals surface area (Å²) in [6.07, 6.45) is 4.16. The molecule has 0 aromatic carbocycles. The number of likely N-dealkylation sites (tertiary alicyclic amines) is 1. The zero-order chi connectivity index (χ0) is 13.2. The molecule has 2 aliphatic heterocycles. The first-order valence-corrected chi connectivity index (χ1v) is 7.87. The topological polar surface area (TPSA) is 15.7 Å². The van der Waals surface area contributed by atoms with Gasteiger partial charge in [-0.2, -0.15) is 0 Å². The number of nitrogens with zero attached hydrogens (tertiary/aromatic N) is 2. The van der Waals surface area contributed by atoms with Crippen LogP contribution in [0.2, 0.25) is 0 Å². The van der Waals surface area contributed by atoms with Crippen molar-refractivity contribution in [1.29, 1.82) is 0 Å². The predicted molar refractivity (Wildman–Crippen MR) is 78.1 cm³/mol. The third-order valence-electron chi connectivity index (χ3n) is 3.79. The van der Waals surface area contributed by atoms with Crippen LogP contribution in [0.15, 0.2) is 0 Å². The SMILES string of the molecule is CC.CC1CCCN(CCCN2CCOCC2)C1. The van der Waals surface area contributed by atoms with Crippen LogP contribution >= 0.6 is 0 Å². The first-order valence-electron chi connectivity index (χ1n) is 7.87. The van der Waals surface area contributed by atoms with Crippen molar-refractivity contribution in [3.8, 4) is 0 Å². The second kappa shape index (κ2) is 9.76. The zero-order valence-electron chi connectivity index (χ0n) is 12.7. The Hall–Kier alpha value is -0.120. The molecule has 1 atom stereocenters. The Morgan fingerprint density at radius 2 is 1.67 bits per heavy atom. The Bertz CT molecular complexity index is 193. The van der Waals surface area contributed by atoms with E-state index in [1.165, 1.54) is 45.4 Å². The average molecular weight is 256 g/mol. The highest BCUT2D eigenvalue weighted by Crippen LogP contribution is 2.15. The maximum atomic E-state index is 5.36. The number of rotatable bonds is 4. The maximum Gasteiger partial charge on any atom is 0.0594 e. The van der Waals surface area contributed by atoms with Crippen molar-refractivity contribution >= 4 is 0 Å². The molecule has 3 nitrogen and oxygen atoms in total. The van der Waals surface area contributed by atoms with Gasteiger partial charge in [0.25, 0.3) is 0 Å². The molecule has 0 saturated carbocycles. The van der Waals surface area contributed by atoms with Crippen molar-refractivity contribution in [2.45, 2.75) is 40.0 Å². The second-order valence-corrected chi connectivity index (χ2v) is 5.36. The van der Waals surface area contributed by atoms with E-state index >= 15 is 0 Å². The van der Waals surface area contributed by atoms with Gasteiger partial charge in [-0.3, -0.25) is 4.90 Å². The van der Waals surface area contributed by atoms with Gasteiger partial charge in [0.2, 0.25) is 0 Å². The van der Waals surface area contributed by atoms with Gasteiger partial charge in [-0.05, 0) is 44.8 Å². The summed E-state index contributed by atoms with van der Waals surface area (Å²) in [7, 11) is 0. The molecule has 18 heavy (non-hydrogen) atoms. The highest BCUT2D eigenvalue weighted by Gasteiger charge is 2.16. The van der Waals surface area contributed by atoms with Gasteiger partial charge in [0.1, 0.15) is 0 Å². The zero-order valence-corrected chi connectivity index (χ0v) is 12.7. The summed E-state index contributed by atoms with van der Waals surface area (Å²) in [5.74, 6) is 0.914. The van der Waals surface area contributed by atoms with Crippen LogP contribution in [0, 0.1) is 5.92 Å². The molecule has 1 unspecified atom stereocenters. The van der Waals surface area contributed by atoms with Crippen LogP contribution in [-0.2, 0) is 4.74 Å². The molecule has 0 spiro atoms. The molecule has 0 amide bonds. The summed E-state index contributed by atoms with van der Waals surface area (Å²) < 4.78 is 5.36. The van der Waals surface area contributed by atoms with E-state index in [2.05, 4.69) is 16.7 Å². The fraction of sp³-hybridized carbons (Fsp3) is 1.00. The van der Waals surface area contributed by atoms with Crippen LogP contribution in [0.25, 0.3) is 0 Å². The molecular weight excluding hydrogens is 224 g/mol. The molecule has 2 rings (SSSR count). The second-order valence-electron chi connectivity index (χ2n) is 5.36. The molecule has 0 aliphatic carbocycles. The molecule has 2 saturated heterocycles. The summed E-state index contributed by atoms with van der Waals surface area (Å²) in [6, 6.07) is 0. The molecule has 0 aromatic heterocycles. The minimum absolute atomic E-state index is 0.914. The summed E-state index contributed by atoms with van der Waals surface area (Å²) in [4.78, 5) is 5.19. The van der Waals surface area contributed by atoms with E-state index in [1.807, 2.05) is 13.8 Å². The third kappa shape index (κ3) is 6.17. The average Bonchev–Trinajstić information content (AvgIpc) is 2.42. The quantitative estimate of drug-likeness (QED) is 0.768. The molecule has 108 valence electrons. The van der Waals surface area contributed by atoms with Gasteiger partial charge in [0, 0.05) is 19.6 Å². The Labute approximate surface area is 113 Å². The van der Waals surface area contributed by atoms with Crippen LogP contribution in [0.5, 0.6) is 0 Å². The van der Waals surface area contributed by atoms with Crippen molar-refractivity contribution in [3.05, 3.63) is 0 Å². The number of piperidine rings is 1. The number of hydrogen-bond donors (Lipinski definition) is 0. The molecule has 2 aliphatic rings. The lowest BCUT2D eigenvalue weighted by atomic mass is 10.0. The monoisotopic (exact) mass is 256 g/mol.